The first-order chi connectivity index (χ1) is 12.5. The molecule has 2 aromatic heterocycles. The monoisotopic (exact) mass is 352 g/mol. The van der Waals surface area contributed by atoms with Gasteiger partial charge in [0.1, 0.15) is 11.9 Å². The first-order valence-electron chi connectivity index (χ1n) is 8.18. The minimum atomic E-state index is -0.413. The minimum Gasteiger partial charge on any atom is -0.478 e. The standard InChI is InChI=1S/C19H20N4O3/c1-13-10-15(24)16(11-21-13)26-12-17(25)22-18(14-6-4-3-5-7-14)19-20-8-9-23(19)2/h3-11,18H,12H2,1-2H3,(H,21,24)(H,22,25)/t18-/m1/s1. The minimum absolute atomic E-state index is 0.110. The van der Waals surface area contributed by atoms with E-state index in [2.05, 4.69) is 15.3 Å². The van der Waals surface area contributed by atoms with Crippen LogP contribution in [0.5, 0.6) is 5.75 Å². The molecule has 2 heterocycles. The van der Waals surface area contributed by atoms with Crippen molar-refractivity contribution in [1.82, 2.24) is 19.9 Å². The first kappa shape index (κ1) is 17.5. The second-order valence-corrected chi connectivity index (χ2v) is 5.94. The second kappa shape index (κ2) is 7.69. The van der Waals surface area contributed by atoms with Crippen molar-refractivity contribution < 1.29 is 9.53 Å². The molecule has 26 heavy (non-hydrogen) atoms. The lowest BCUT2D eigenvalue weighted by atomic mass is 10.1. The van der Waals surface area contributed by atoms with E-state index in [-0.39, 0.29) is 23.7 Å². The molecule has 0 radical (unpaired) electrons. The van der Waals surface area contributed by atoms with Gasteiger partial charge in [0.05, 0.1) is 0 Å². The van der Waals surface area contributed by atoms with Crippen LogP contribution in [0.2, 0.25) is 0 Å². The van der Waals surface area contributed by atoms with E-state index in [1.165, 1.54) is 12.3 Å². The second-order valence-electron chi connectivity index (χ2n) is 5.94. The lowest BCUT2D eigenvalue weighted by Crippen LogP contribution is -2.35. The van der Waals surface area contributed by atoms with Crippen molar-refractivity contribution in [1.29, 1.82) is 0 Å². The molecule has 0 spiro atoms. The topological polar surface area (TPSA) is 89.0 Å². The Hall–Kier alpha value is -3.35. The van der Waals surface area contributed by atoms with Crippen molar-refractivity contribution in [3.05, 3.63) is 82.3 Å². The number of H-pyrrole nitrogens is 1. The number of nitrogens with zero attached hydrogens (tertiary/aromatic N) is 2. The number of hydrogen-bond acceptors (Lipinski definition) is 4. The zero-order chi connectivity index (χ0) is 18.5. The highest BCUT2D eigenvalue weighted by Gasteiger charge is 2.20. The molecule has 134 valence electrons. The van der Waals surface area contributed by atoms with Crippen LogP contribution in [0, 0.1) is 6.92 Å². The molecule has 2 N–H and O–H groups in total. The summed E-state index contributed by atoms with van der Waals surface area (Å²) in [5, 5.41) is 2.92. The first-order valence-corrected chi connectivity index (χ1v) is 8.18. The van der Waals surface area contributed by atoms with Gasteiger partial charge in [-0.3, -0.25) is 9.59 Å². The van der Waals surface area contributed by atoms with Crippen LogP contribution in [-0.4, -0.2) is 27.0 Å². The van der Waals surface area contributed by atoms with Gasteiger partial charge in [-0.25, -0.2) is 4.98 Å². The van der Waals surface area contributed by atoms with Crippen LogP contribution in [0.1, 0.15) is 23.1 Å². The quantitative estimate of drug-likeness (QED) is 0.707. The number of carbonyl (C=O) groups excluding carboxylic acids is 1. The van der Waals surface area contributed by atoms with Gasteiger partial charge in [-0.15, -0.1) is 0 Å². The van der Waals surface area contributed by atoms with Crippen LogP contribution in [0.3, 0.4) is 0 Å². The molecule has 0 aliphatic heterocycles. The maximum atomic E-state index is 12.4. The van der Waals surface area contributed by atoms with Crippen LogP contribution >= 0.6 is 0 Å². The number of imidazole rings is 1. The molecule has 0 saturated heterocycles. The number of hydrogen-bond donors (Lipinski definition) is 2. The molecule has 7 heteroatoms. The summed E-state index contributed by atoms with van der Waals surface area (Å²) in [4.78, 5) is 31.5. The molecule has 0 saturated carbocycles. The normalized spacial score (nSPS) is 11.8. The number of pyridine rings is 1. The van der Waals surface area contributed by atoms with Gasteiger partial charge >= 0.3 is 0 Å². The molecule has 0 unspecified atom stereocenters. The van der Waals surface area contributed by atoms with Gasteiger partial charge in [0.25, 0.3) is 5.91 Å². The molecule has 1 amide bonds. The Labute approximate surface area is 150 Å². The van der Waals surface area contributed by atoms with Crippen LogP contribution < -0.4 is 15.5 Å². The molecule has 1 aromatic carbocycles. The molecule has 0 aliphatic carbocycles. The van der Waals surface area contributed by atoms with Crippen molar-refractivity contribution in [2.75, 3.05) is 6.61 Å². The van der Waals surface area contributed by atoms with E-state index in [1.54, 1.807) is 13.1 Å². The Balaban J connectivity index is 1.73. The third-order valence-corrected chi connectivity index (χ3v) is 3.94. The van der Waals surface area contributed by atoms with E-state index in [9.17, 15) is 9.59 Å². The molecule has 0 fully saturated rings. The fraction of sp³-hybridized carbons (Fsp3) is 0.211. The van der Waals surface area contributed by atoms with E-state index in [1.807, 2.05) is 48.1 Å². The number of rotatable bonds is 6. The van der Waals surface area contributed by atoms with Gasteiger partial charge in [-0.05, 0) is 12.5 Å². The maximum absolute atomic E-state index is 12.4. The van der Waals surface area contributed by atoms with Gasteiger partial charge < -0.3 is 19.6 Å². The summed E-state index contributed by atoms with van der Waals surface area (Å²) in [6, 6.07) is 10.6. The summed E-state index contributed by atoms with van der Waals surface area (Å²) in [6.07, 6.45) is 4.96. The summed E-state index contributed by atoms with van der Waals surface area (Å²) in [5.41, 5.74) is 1.37. The van der Waals surface area contributed by atoms with Gasteiger partial charge in [-0.1, -0.05) is 30.3 Å². The number of ether oxygens (including phenoxy) is 1. The van der Waals surface area contributed by atoms with Gasteiger partial charge in [0.15, 0.2) is 12.4 Å². The van der Waals surface area contributed by atoms with Crippen molar-refractivity contribution in [2.24, 2.45) is 7.05 Å². The molecule has 7 nitrogen and oxygen atoms in total. The Morgan fingerprint density at radius 2 is 2.12 bits per heavy atom. The van der Waals surface area contributed by atoms with E-state index in [0.717, 1.165) is 11.3 Å². The van der Waals surface area contributed by atoms with Crippen molar-refractivity contribution in [2.45, 2.75) is 13.0 Å². The van der Waals surface area contributed by atoms with Crippen LogP contribution in [0.15, 0.2) is 59.8 Å². The third-order valence-electron chi connectivity index (χ3n) is 3.94. The van der Waals surface area contributed by atoms with Crippen molar-refractivity contribution >= 4 is 5.91 Å². The maximum Gasteiger partial charge on any atom is 0.258 e. The number of aromatic amines is 1. The summed E-state index contributed by atoms with van der Waals surface area (Å²) >= 11 is 0. The third kappa shape index (κ3) is 4.00. The zero-order valence-electron chi connectivity index (χ0n) is 14.6. The zero-order valence-corrected chi connectivity index (χ0v) is 14.6. The molecular formula is C19H20N4O3. The summed E-state index contributed by atoms with van der Waals surface area (Å²) < 4.78 is 7.21. The predicted molar refractivity (Wildman–Crippen MR) is 96.9 cm³/mol. The SMILES string of the molecule is Cc1cc(=O)c(OCC(=O)N[C@H](c2ccccc2)c2nccn2C)c[nH]1. The molecule has 3 rings (SSSR count). The van der Waals surface area contributed by atoms with Crippen LogP contribution in [0.25, 0.3) is 0 Å². The molecular weight excluding hydrogens is 332 g/mol. The number of aromatic nitrogens is 3. The lowest BCUT2D eigenvalue weighted by Gasteiger charge is -2.19. The van der Waals surface area contributed by atoms with E-state index >= 15 is 0 Å². The highest BCUT2D eigenvalue weighted by molar-refractivity contribution is 5.78. The van der Waals surface area contributed by atoms with E-state index in [0.29, 0.717) is 5.82 Å². The Kier molecular flexibility index (Phi) is 5.17. The smallest absolute Gasteiger partial charge is 0.258 e. The number of amides is 1. The predicted octanol–water partition coefficient (Wildman–Crippen LogP) is 1.70. The van der Waals surface area contributed by atoms with Crippen molar-refractivity contribution in [3.8, 4) is 5.75 Å². The van der Waals surface area contributed by atoms with Gasteiger partial charge in [-0.2, -0.15) is 0 Å². The molecule has 3 aromatic rings. The summed E-state index contributed by atoms with van der Waals surface area (Å²) in [6.45, 7) is 1.51. The highest BCUT2D eigenvalue weighted by atomic mass is 16.5. The largest absolute Gasteiger partial charge is 0.478 e. The fourth-order valence-electron chi connectivity index (χ4n) is 2.62. The Morgan fingerprint density at radius 1 is 1.35 bits per heavy atom. The molecule has 1 atom stereocenters. The molecule has 0 aliphatic rings. The van der Waals surface area contributed by atoms with Gasteiger partial charge in [0.2, 0.25) is 5.43 Å². The Bertz CT molecular complexity index is 947. The number of benzene rings is 1. The van der Waals surface area contributed by atoms with Crippen LogP contribution in [0.4, 0.5) is 0 Å². The average Bonchev–Trinajstić information content (AvgIpc) is 3.05. The number of carbonyl (C=O) groups is 1. The fourth-order valence-corrected chi connectivity index (χ4v) is 2.62. The average molecular weight is 352 g/mol. The van der Waals surface area contributed by atoms with Crippen molar-refractivity contribution in [3.63, 3.8) is 0 Å². The highest BCUT2D eigenvalue weighted by Crippen LogP contribution is 2.20. The lowest BCUT2D eigenvalue weighted by molar-refractivity contribution is -0.123. The number of nitrogens with one attached hydrogen (secondary N) is 2. The van der Waals surface area contributed by atoms with Crippen LogP contribution in [-0.2, 0) is 11.8 Å². The number of aryl methyl sites for hydroxylation is 2. The summed E-state index contributed by atoms with van der Waals surface area (Å²) in [5.74, 6) is 0.471. The Morgan fingerprint density at radius 3 is 2.77 bits per heavy atom. The van der Waals surface area contributed by atoms with Gasteiger partial charge in [0, 0.05) is 37.4 Å². The van der Waals surface area contributed by atoms with E-state index < -0.39 is 6.04 Å². The summed E-state index contributed by atoms with van der Waals surface area (Å²) in [7, 11) is 1.87. The van der Waals surface area contributed by atoms with E-state index in [4.69, 9.17) is 4.74 Å². The molecule has 0 bridgehead atoms.